The Kier molecular flexibility index (Phi) is 5.39. The number of hydrogen-bond acceptors (Lipinski definition) is 4. The number of aromatic nitrogens is 1. The summed E-state index contributed by atoms with van der Waals surface area (Å²) < 4.78 is 5.10. The molecule has 0 saturated heterocycles. The fourth-order valence-electron chi connectivity index (χ4n) is 2.76. The van der Waals surface area contributed by atoms with Crippen molar-refractivity contribution in [3.05, 3.63) is 45.8 Å². The Bertz CT molecular complexity index is 755. The van der Waals surface area contributed by atoms with Gasteiger partial charge in [-0.05, 0) is 38.8 Å². The molecule has 6 heteroatoms. The normalized spacial score (nSPS) is 10.5. The maximum Gasteiger partial charge on any atom is 0.257 e. The maximum absolute atomic E-state index is 12.3. The molecule has 1 aromatic heterocycles. The van der Waals surface area contributed by atoms with Crippen LogP contribution in [0.1, 0.15) is 45.4 Å². The molecule has 0 bridgehead atoms. The molecule has 0 fully saturated rings. The first-order valence-corrected chi connectivity index (χ1v) is 7.94. The highest BCUT2D eigenvalue weighted by Gasteiger charge is 2.19. The van der Waals surface area contributed by atoms with E-state index in [9.17, 15) is 9.59 Å². The van der Waals surface area contributed by atoms with Crippen molar-refractivity contribution in [1.29, 1.82) is 0 Å². The van der Waals surface area contributed by atoms with Crippen LogP contribution in [-0.4, -0.2) is 23.5 Å². The average Bonchev–Trinajstić information content (AvgIpc) is 2.89. The van der Waals surface area contributed by atoms with Gasteiger partial charge in [0.2, 0.25) is 5.91 Å². The Labute approximate surface area is 141 Å². The Hall–Kier alpha value is -2.63. The number of amides is 2. The minimum absolute atomic E-state index is 0.112. The lowest BCUT2D eigenvalue weighted by atomic mass is 10.1. The van der Waals surface area contributed by atoms with Crippen molar-refractivity contribution in [2.24, 2.45) is 0 Å². The third kappa shape index (κ3) is 3.82. The summed E-state index contributed by atoms with van der Waals surface area (Å²) in [6, 6.07) is 4.02. The van der Waals surface area contributed by atoms with Gasteiger partial charge in [0, 0.05) is 12.1 Å². The van der Waals surface area contributed by atoms with E-state index in [1.807, 2.05) is 39.8 Å². The average molecular weight is 329 g/mol. The molecule has 0 atom stereocenters. The van der Waals surface area contributed by atoms with E-state index in [1.54, 1.807) is 6.92 Å². The van der Waals surface area contributed by atoms with E-state index >= 15 is 0 Å². The van der Waals surface area contributed by atoms with Crippen molar-refractivity contribution >= 4 is 17.5 Å². The summed E-state index contributed by atoms with van der Waals surface area (Å²) in [6.07, 6.45) is 0.567. The van der Waals surface area contributed by atoms with Gasteiger partial charge < -0.3 is 15.2 Å². The molecule has 6 nitrogen and oxygen atoms in total. The SMILES string of the molecule is CCc1onc(C)c1C(=O)NCC(=O)Nc1c(C)cc(C)cc1C. The summed E-state index contributed by atoms with van der Waals surface area (Å²) in [6.45, 7) is 9.38. The lowest BCUT2D eigenvalue weighted by Gasteiger charge is -2.13. The van der Waals surface area contributed by atoms with Crippen LogP contribution < -0.4 is 10.6 Å². The minimum Gasteiger partial charge on any atom is -0.360 e. The molecule has 2 rings (SSSR count). The molecule has 0 aliphatic rings. The number of carbonyl (C=O) groups excluding carboxylic acids is 2. The molecular formula is C18H23N3O3. The van der Waals surface area contributed by atoms with E-state index in [-0.39, 0.29) is 18.4 Å². The first-order chi connectivity index (χ1) is 11.3. The number of hydrogen-bond donors (Lipinski definition) is 2. The van der Waals surface area contributed by atoms with E-state index in [0.29, 0.717) is 23.4 Å². The topological polar surface area (TPSA) is 84.2 Å². The molecule has 0 aliphatic heterocycles. The molecule has 0 unspecified atom stereocenters. The van der Waals surface area contributed by atoms with Gasteiger partial charge in [0.15, 0.2) is 0 Å². The zero-order chi connectivity index (χ0) is 17.9. The minimum atomic E-state index is -0.349. The van der Waals surface area contributed by atoms with Crippen LogP contribution in [0, 0.1) is 27.7 Å². The van der Waals surface area contributed by atoms with Crippen molar-refractivity contribution in [3.8, 4) is 0 Å². The van der Waals surface area contributed by atoms with Gasteiger partial charge in [-0.15, -0.1) is 0 Å². The zero-order valence-corrected chi connectivity index (χ0v) is 14.7. The first kappa shape index (κ1) is 17.7. The summed E-state index contributed by atoms with van der Waals surface area (Å²) in [7, 11) is 0. The van der Waals surface area contributed by atoms with Gasteiger partial charge in [0.25, 0.3) is 5.91 Å². The molecule has 0 saturated carbocycles. The molecule has 2 N–H and O–H groups in total. The fourth-order valence-corrected chi connectivity index (χ4v) is 2.76. The quantitative estimate of drug-likeness (QED) is 0.883. The number of anilines is 1. The molecular weight excluding hydrogens is 306 g/mol. The second-order valence-corrected chi connectivity index (χ2v) is 5.92. The van der Waals surface area contributed by atoms with E-state index in [1.165, 1.54) is 0 Å². The van der Waals surface area contributed by atoms with Gasteiger partial charge in [-0.25, -0.2) is 0 Å². The van der Waals surface area contributed by atoms with Crippen molar-refractivity contribution < 1.29 is 14.1 Å². The summed E-state index contributed by atoms with van der Waals surface area (Å²) in [5.41, 5.74) is 4.86. The number of carbonyl (C=O) groups is 2. The van der Waals surface area contributed by atoms with Crippen LogP contribution >= 0.6 is 0 Å². The van der Waals surface area contributed by atoms with Gasteiger partial charge in [0.05, 0.1) is 12.2 Å². The summed E-state index contributed by atoms with van der Waals surface area (Å²) >= 11 is 0. The number of nitrogens with one attached hydrogen (secondary N) is 2. The monoisotopic (exact) mass is 329 g/mol. The van der Waals surface area contributed by atoms with E-state index in [4.69, 9.17) is 4.52 Å². The molecule has 1 aromatic carbocycles. The van der Waals surface area contributed by atoms with E-state index in [2.05, 4.69) is 15.8 Å². The predicted octanol–water partition coefficient (Wildman–Crippen LogP) is 2.84. The fraction of sp³-hybridized carbons (Fsp3) is 0.389. The lowest BCUT2D eigenvalue weighted by molar-refractivity contribution is -0.115. The third-order valence-corrected chi connectivity index (χ3v) is 3.83. The smallest absolute Gasteiger partial charge is 0.257 e. The Morgan fingerprint density at radius 1 is 1.12 bits per heavy atom. The Morgan fingerprint density at radius 3 is 2.33 bits per heavy atom. The van der Waals surface area contributed by atoms with Crippen LogP contribution in [0.3, 0.4) is 0 Å². The van der Waals surface area contributed by atoms with Crippen molar-refractivity contribution in [2.45, 2.75) is 41.0 Å². The van der Waals surface area contributed by atoms with Crippen LogP contribution in [0.5, 0.6) is 0 Å². The summed E-state index contributed by atoms with van der Waals surface area (Å²) in [4.78, 5) is 24.4. The molecule has 0 radical (unpaired) electrons. The second-order valence-electron chi connectivity index (χ2n) is 5.92. The van der Waals surface area contributed by atoms with Gasteiger partial charge in [0.1, 0.15) is 11.3 Å². The number of aryl methyl sites for hydroxylation is 5. The largest absolute Gasteiger partial charge is 0.360 e. The number of rotatable bonds is 5. The molecule has 2 amide bonds. The molecule has 1 heterocycles. The van der Waals surface area contributed by atoms with Crippen LogP contribution in [0.15, 0.2) is 16.7 Å². The zero-order valence-electron chi connectivity index (χ0n) is 14.7. The molecule has 24 heavy (non-hydrogen) atoms. The predicted molar refractivity (Wildman–Crippen MR) is 92.2 cm³/mol. The van der Waals surface area contributed by atoms with Gasteiger partial charge in [-0.3, -0.25) is 9.59 Å². The standard InChI is InChI=1S/C18H23N3O3/c1-6-14-16(13(5)21-24-14)18(23)19-9-15(22)20-17-11(3)7-10(2)8-12(17)4/h7-8H,6,9H2,1-5H3,(H,19,23)(H,20,22). The van der Waals surface area contributed by atoms with Gasteiger partial charge >= 0.3 is 0 Å². The highest BCUT2D eigenvalue weighted by molar-refractivity contribution is 6.00. The highest BCUT2D eigenvalue weighted by atomic mass is 16.5. The Morgan fingerprint density at radius 2 is 1.75 bits per heavy atom. The van der Waals surface area contributed by atoms with Gasteiger partial charge in [-0.2, -0.15) is 0 Å². The number of benzene rings is 1. The lowest BCUT2D eigenvalue weighted by Crippen LogP contribution is -2.33. The van der Waals surface area contributed by atoms with Crippen LogP contribution in [-0.2, 0) is 11.2 Å². The van der Waals surface area contributed by atoms with Crippen LogP contribution in [0.4, 0.5) is 5.69 Å². The maximum atomic E-state index is 12.3. The molecule has 0 spiro atoms. The van der Waals surface area contributed by atoms with E-state index < -0.39 is 0 Å². The highest BCUT2D eigenvalue weighted by Crippen LogP contribution is 2.21. The van der Waals surface area contributed by atoms with Crippen molar-refractivity contribution in [1.82, 2.24) is 10.5 Å². The second kappa shape index (κ2) is 7.29. The number of nitrogens with zero attached hydrogens (tertiary/aromatic N) is 1. The summed E-state index contributed by atoms with van der Waals surface area (Å²) in [5, 5.41) is 9.28. The van der Waals surface area contributed by atoms with Crippen LogP contribution in [0.25, 0.3) is 0 Å². The van der Waals surface area contributed by atoms with E-state index in [0.717, 1.165) is 22.4 Å². The first-order valence-electron chi connectivity index (χ1n) is 7.94. The van der Waals surface area contributed by atoms with Gasteiger partial charge in [-0.1, -0.05) is 29.8 Å². The third-order valence-electron chi connectivity index (χ3n) is 3.83. The molecule has 0 aliphatic carbocycles. The van der Waals surface area contributed by atoms with Crippen molar-refractivity contribution in [2.75, 3.05) is 11.9 Å². The summed E-state index contributed by atoms with van der Waals surface area (Å²) in [5.74, 6) is -0.0979. The molecule has 128 valence electrons. The molecule has 2 aromatic rings. The van der Waals surface area contributed by atoms with Crippen molar-refractivity contribution in [3.63, 3.8) is 0 Å². The Balaban J connectivity index is 2.01. The van der Waals surface area contributed by atoms with Crippen LogP contribution in [0.2, 0.25) is 0 Å².